The molecule has 42 heavy (non-hydrogen) atoms. The molecule has 0 bridgehead atoms. The third-order valence-electron chi connectivity index (χ3n) is 7.11. The van der Waals surface area contributed by atoms with Crippen LogP contribution in [0.1, 0.15) is 35.7 Å². The van der Waals surface area contributed by atoms with Crippen molar-refractivity contribution in [2.75, 3.05) is 42.7 Å². The van der Waals surface area contributed by atoms with Gasteiger partial charge in [0.15, 0.2) is 11.5 Å². The number of rotatable bonds is 7. The number of para-hydroxylation sites is 1. The lowest BCUT2D eigenvalue weighted by Gasteiger charge is -2.38. The number of urea groups is 2. The zero-order valence-corrected chi connectivity index (χ0v) is 24.1. The molecule has 13 heteroatoms. The highest BCUT2D eigenvalue weighted by atomic mass is 19.1. The summed E-state index contributed by atoms with van der Waals surface area (Å²) in [6.07, 6.45) is -0.617. The summed E-state index contributed by atoms with van der Waals surface area (Å²) >= 11 is 0. The van der Waals surface area contributed by atoms with Crippen LogP contribution in [0.4, 0.5) is 31.0 Å². The van der Waals surface area contributed by atoms with Gasteiger partial charge < -0.3 is 40.1 Å². The van der Waals surface area contributed by atoms with Gasteiger partial charge in [-0.2, -0.15) is 0 Å². The first kappa shape index (κ1) is 30.3. The summed E-state index contributed by atoms with van der Waals surface area (Å²) in [6, 6.07) is 8.52. The van der Waals surface area contributed by atoms with Gasteiger partial charge in [0.2, 0.25) is 0 Å². The van der Waals surface area contributed by atoms with Gasteiger partial charge in [-0.25, -0.2) is 14.0 Å². The molecule has 0 unspecified atom stereocenters. The summed E-state index contributed by atoms with van der Waals surface area (Å²) in [5, 5.41) is 21.9. The predicted octanol–water partition coefficient (Wildman–Crippen LogP) is 4.46. The Labute approximate surface area is 242 Å². The van der Waals surface area contributed by atoms with Crippen LogP contribution < -0.4 is 20.7 Å². The molecule has 2 aromatic carbocycles. The van der Waals surface area contributed by atoms with Gasteiger partial charge in [-0.1, -0.05) is 18.1 Å². The molecule has 224 valence electrons. The SMILES string of the molecule is Cc1noc(C)c1NC(=O)N(C)C[C@H]1Oc2c(NC(=O)Nc3ccc(F)cc3)cccc2C(=O)N([C@@H](C)CO)C[C@@H]1C. The van der Waals surface area contributed by atoms with Crippen LogP contribution in [0.25, 0.3) is 0 Å². The number of nitrogens with one attached hydrogen (secondary N) is 3. The quantitative estimate of drug-likeness (QED) is 0.321. The first-order chi connectivity index (χ1) is 20.0. The predicted molar refractivity (Wildman–Crippen MR) is 154 cm³/mol. The molecule has 5 amide bonds. The first-order valence-corrected chi connectivity index (χ1v) is 13.5. The number of benzene rings is 2. The molecular formula is C29H35FN6O6. The molecular weight excluding hydrogens is 547 g/mol. The molecule has 4 rings (SSSR count). The van der Waals surface area contributed by atoms with E-state index in [1.54, 1.807) is 50.9 Å². The number of likely N-dealkylation sites (N-methyl/N-ethyl adjacent to an activating group) is 1. The van der Waals surface area contributed by atoms with Crippen LogP contribution >= 0.6 is 0 Å². The summed E-state index contributed by atoms with van der Waals surface area (Å²) in [4.78, 5) is 42.6. The summed E-state index contributed by atoms with van der Waals surface area (Å²) in [6.45, 7) is 7.17. The molecule has 12 nitrogen and oxygen atoms in total. The molecule has 0 fully saturated rings. The summed E-state index contributed by atoms with van der Waals surface area (Å²) in [5.41, 5.74) is 1.80. The Morgan fingerprint density at radius 2 is 1.88 bits per heavy atom. The molecule has 0 aliphatic carbocycles. The average molecular weight is 583 g/mol. The van der Waals surface area contributed by atoms with Crippen molar-refractivity contribution in [1.29, 1.82) is 0 Å². The van der Waals surface area contributed by atoms with Crippen molar-refractivity contribution in [3.8, 4) is 5.75 Å². The molecule has 0 saturated heterocycles. The van der Waals surface area contributed by atoms with Crippen molar-refractivity contribution < 1.29 is 33.1 Å². The molecule has 2 heterocycles. The standard InChI is InChI=1S/C29H35FN6O6/c1-16-13-36(17(2)15-37)27(38)22-7-6-8-23(32-28(39)31-21-11-9-20(30)10-12-21)26(22)41-24(16)14-35(5)29(40)33-25-18(3)34-42-19(25)4/h6-12,16-17,24,37H,13-15H2,1-5H3,(H,33,40)(H2,31,32,39)/t16-,17-,24+/m0/s1. The summed E-state index contributed by atoms with van der Waals surface area (Å²) in [7, 11) is 1.61. The van der Waals surface area contributed by atoms with Gasteiger partial charge >= 0.3 is 12.1 Å². The second-order valence-electron chi connectivity index (χ2n) is 10.4. The lowest BCUT2D eigenvalue weighted by Crippen LogP contribution is -2.50. The van der Waals surface area contributed by atoms with Crippen molar-refractivity contribution >= 4 is 35.0 Å². The van der Waals surface area contributed by atoms with Crippen LogP contribution in [0.3, 0.4) is 0 Å². The van der Waals surface area contributed by atoms with Gasteiger partial charge in [-0.15, -0.1) is 0 Å². The molecule has 4 N–H and O–H groups in total. The number of aromatic nitrogens is 1. The van der Waals surface area contributed by atoms with Gasteiger partial charge in [-0.05, 0) is 57.2 Å². The third-order valence-corrected chi connectivity index (χ3v) is 7.11. The Hall–Kier alpha value is -4.65. The molecule has 3 atom stereocenters. The van der Waals surface area contributed by atoms with E-state index < -0.39 is 30.0 Å². The number of ether oxygens (including phenoxy) is 1. The molecule has 1 aliphatic heterocycles. The van der Waals surface area contributed by atoms with Crippen molar-refractivity contribution in [2.24, 2.45) is 5.92 Å². The van der Waals surface area contributed by atoms with Crippen LogP contribution in [0.2, 0.25) is 0 Å². The minimum Gasteiger partial charge on any atom is -0.485 e. The zero-order valence-electron chi connectivity index (χ0n) is 24.1. The molecule has 0 radical (unpaired) electrons. The lowest BCUT2D eigenvalue weighted by molar-refractivity contribution is 0.0373. The number of halogens is 1. The largest absolute Gasteiger partial charge is 0.485 e. The second kappa shape index (κ2) is 12.9. The molecule has 0 spiro atoms. The fraction of sp³-hybridized carbons (Fsp3) is 0.379. The fourth-order valence-electron chi connectivity index (χ4n) is 4.59. The number of fused-ring (bicyclic) bond motifs is 1. The summed E-state index contributed by atoms with van der Waals surface area (Å²) < 4.78 is 24.8. The Morgan fingerprint density at radius 3 is 2.52 bits per heavy atom. The highest BCUT2D eigenvalue weighted by molar-refractivity contribution is 6.04. The van der Waals surface area contributed by atoms with E-state index in [0.717, 1.165) is 0 Å². The topological polar surface area (TPSA) is 149 Å². The number of aliphatic hydroxyl groups excluding tert-OH is 1. The van der Waals surface area contributed by atoms with E-state index in [4.69, 9.17) is 9.26 Å². The smallest absolute Gasteiger partial charge is 0.323 e. The van der Waals surface area contributed by atoms with Crippen LogP contribution in [0, 0.1) is 25.6 Å². The number of nitrogens with zero attached hydrogens (tertiary/aromatic N) is 3. The average Bonchev–Trinajstić information content (AvgIpc) is 3.28. The Bertz CT molecular complexity index is 1430. The van der Waals surface area contributed by atoms with E-state index in [2.05, 4.69) is 21.1 Å². The number of hydrogen-bond acceptors (Lipinski definition) is 7. The minimum atomic E-state index is -0.630. The number of aryl methyl sites for hydroxylation is 2. The third kappa shape index (κ3) is 6.79. The Balaban J connectivity index is 1.62. The number of aliphatic hydroxyl groups is 1. The highest BCUT2D eigenvalue weighted by Gasteiger charge is 2.35. The lowest BCUT2D eigenvalue weighted by atomic mass is 9.99. The van der Waals surface area contributed by atoms with Gasteiger partial charge in [0.05, 0.1) is 30.4 Å². The molecule has 3 aromatic rings. The molecule has 0 saturated carbocycles. The first-order valence-electron chi connectivity index (χ1n) is 13.5. The van der Waals surface area contributed by atoms with Gasteiger partial charge in [0.1, 0.15) is 23.3 Å². The normalized spacial score (nSPS) is 17.3. The van der Waals surface area contributed by atoms with Crippen molar-refractivity contribution in [1.82, 2.24) is 15.0 Å². The van der Waals surface area contributed by atoms with Crippen molar-refractivity contribution in [3.05, 3.63) is 65.3 Å². The van der Waals surface area contributed by atoms with E-state index in [1.807, 2.05) is 6.92 Å². The van der Waals surface area contributed by atoms with Crippen LogP contribution in [-0.2, 0) is 0 Å². The van der Waals surface area contributed by atoms with E-state index in [1.165, 1.54) is 29.2 Å². The van der Waals surface area contributed by atoms with Crippen LogP contribution in [0.5, 0.6) is 5.75 Å². The second-order valence-corrected chi connectivity index (χ2v) is 10.4. The molecule has 1 aromatic heterocycles. The van der Waals surface area contributed by atoms with Gasteiger partial charge in [0, 0.05) is 25.2 Å². The van der Waals surface area contributed by atoms with Gasteiger partial charge in [-0.3, -0.25) is 4.79 Å². The number of carbonyl (C=O) groups is 3. The van der Waals surface area contributed by atoms with Crippen molar-refractivity contribution in [3.63, 3.8) is 0 Å². The van der Waals surface area contributed by atoms with E-state index in [9.17, 15) is 23.9 Å². The van der Waals surface area contributed by atoms with Gasteiger partial charge in [0.25, 0.3) is 5.91 Å². The zero-order chi connectivity index (χ0) is 30.6. The van der Waals surface area contributed by atoms with E-state index >= 15 is 0 Å². The maximum Gasteiger partial charge on any atom is 0.323 e. The maximum absolute atomic E-state index is 13.7. The monoisotopic (exact) mass is 582 g/mol. The Morgan fingerprint density at radius 1 is 1.17 bits per heavy atom. The van der Waals surface area contributed by atoms with E-state index in [-0.39, 0.29) is 48.5 Å². The number of amides is 5. The maximum atomic E-state index is 13.7. The number of carbonyl (C=O) groups excluding carboxylic acids is 3. The Kier molecular flexibility index (Phi) is 9.31. The fourth-order valence-corrected chi connectivity index (χ4v) is 4.59. The molecule has 1 aliphatic rings. The van der Waals surface area contributed by atoms with Crippen LogP contribution in [-0.4, -0.2) is 76.9 Å². The van der Waals surface area contributed by atoms with Crippen LogP contribution in [0.15, 0.2) is 47.0 Å². The van der Waals surface area contributed by atoms with E-state index in [0.29, 0.717) is 22.8 Å². The summed E-state index contributed by atoms with van der Waals surface area (Å²) in [5.74, 6) is -0.497. The minimum absolute atomic E-state index is 0.126. The van der Waals surface area contributed by atoms with Crippen molar-refractivity contribution in [2.45, 2.75) is 39.8 Å². The number of hydrogen-bond donors (Lipinski definition) is 4. The number of anilines is 3. The highest BCUT2D eigenvalue weighted by Crippen LogP contribution is 2.35.